The molecule has 1 aromatic heterocycles. The lowest BCUT2D eigenvalue weighted by Crippen LogP contribution is -2.55. The van der Waals surface area contributed by atoms with E-state index in [4.69, 9.17) is 9.47 Å². The van der Waals surface area contributed by atoms with E-state index in [1.807, 2.05) is 12.1 Å². The predicted octanol–water partition coefficient (Wildman–Crippen LogP) is 1.66. The van der Waals surface area contributed by atoms with Crippen LogP contribution in [-0.2, 0) is 19.6 Å². The largest absolute Gasteiger partial charge is 0.485 e. The molecule has 1 atom stereocenters. The summed E-state index contributed by atoms with van der Waals surface area (Å²) < 4.78 is 37.9. The summed E-state index contributed by atoms with van der Waals surface area (Å²) in [5.41, 5.74) is 0. The Balaban J connectivity index is 1.20. The fourth-order valence-electron chi connectivity index (χ4n) is 3.82. The van der Waals surface area contributed by atoms with Gasteiger partial charge in [0.2, 0.25) is 12.0 Å². The number of sulfonamides is 1. The molecule has 1 fully saturated rings. The number of carbonyl (C=O) groups excluding carboxylic acids is 2. The van der Waals surface area contributed by atoms with Crippen LogP contribution < -0.4 is 9.47 Å². The number of carbonyl (C=O) groups is 2. The van der Waals surface area contributed by atoms with Gasteiger partial charge in [-0.1, -0.05) is 18.2 Å². The Morgan fingerprint density at radius 1 is 1.06 bits per heavy atom. The highest BCUT2D eigenvalue weighted by Gasteiger charge is 2.33. The third-order valence-corrected chi connectivity index (χ3v) is 8.98. The number of thiophene rings is 1. The molecule has 2 amide bonds. The van der Waals surface area contributed by atoms with Crippen LogP contribution in [0.3, 0.4) is 0 Å². The van der Waals surface area contributed by atoms with Gasteiger partial charge in [0.15, 0.2) is 11.5 Å². The van der Waals surface area contributed by atoms with Gasteiger partial charge in [0.05, 0.1) is 0 Å². The number of benzene rings is 1. The van der Waals surface area contributed by atoms with Gasteiger partial charge in [-0.05, 0) is 30.0 Å². The highest BCUT2D eigenvalue weighted by atomic mass is 32.2. The third kappa shape index (κ3) is 5.31. The van der Waals surface area contributed by atoms with Gasteiger partial charge in [0.1, 0.15) is 10.8 Å². The van der Waals surface area contributed by atoms with Crippen LogP contribution in [-0.4, -0.2) is 86.8 Å². The summed E-state index contributed by atoms with van der Waals surface area (Å²) >= 11 is 1.18. The molecule has 0 saturated carbocycles. The van der Waals surface area contributed by atoms with Crippen LogP contribution in [0.1, 0.15) is 12.8 Å². The molecule has 1 aromatic carbocycles. The molecule has 0 bridgehead atoms. The minimum Gasteiger partial charge on any atom is -0.485 e. The molecule has 9 nitrogen and oxygen atoms in total. The summed E-state index contributed by atoms with van der Waals surface area (Å²) in [7, 11) is -1.98. The van der Waals surface area contributed by atoms with Crippen molar-refractivity contribution in [3.05, 3.63) is 41.8 Å². The van der Waals surface area contributed by atoms with Crippen LogP contribution in [0.5, 0.6) is 11.5 Å². The summed E-state index contributed by atoms with van der Waals surface area (Å²) in [4.78, 5) is 28.8. The predicted molar refractivity (Wildman–Crippen MR) is 123 cm³/mol. The Bertz CT molecular complexity index is 1080. The summed E-state index contributed by atoms with van der Waals surface area (Å²) in [6, 6.07) is 10.5. The molecule has 2 aromatic rings. The molecule has 11 heteroatoms. The lowest BCUT2D eigenvalue weighted by atomic mass is 10.2. The SMILES string of the molecule is CN(CCCC(=O)N1CCN(C(=O)C2COc3ccccc3O2)CC1)S(=O)(=O)c1cccs1. The van der Waals surface area contributed by atoms with E-state index in [0.717, 1.165) is 0 Å². The van der Waals surface area contributed by atoms with Gasteiger partial charge in [0, 0.05) is 46.2 Å². The second-order valence-corrected chi connectivity index (χ2v) is 11.2. The van der Waals surface area contributed by atoms with Crippen LogP contribution in [0.15, 0.2) is 46.0 Å². The van der Waals surface area contributed by atoms with Crippen molar-refractivity contribution < 1.29 is 27.5 Å². The molecule has 178 valence electrons. The number of para-hydroxylation sites is 2. The first kappa shape index (κ1) is 23.5. The van der Waals surface area contributed by atoms with Crippen molar-refractivity contribution in [2.24, 2.45) is 0 Å². The highest BCUT2D eigenvalue weighted by molar-refractivity contribution is 7.91. The molecule has 0 aliphatic carbocycles. The Kier molecular flexibility index (Phi) is 7.20. The zero-order valence-corrected chi connectivity index (χ0v) is 20.0. The molecule has 1 saturated heterocycles. The van der Waals surface area contributed by atoms with Crippen LogP contribution in [0.4, 0.5) is 0 Å². The van der Waals surface area contributed by atoms with E-state index in [2.05, 4.69) is 0 Å². The molecular formula is C22H27N3O6S2. The Labute approximate surface area is 197 Å². The van der Waals surface area contributed by atoms with Gasteiger partial charge in [-0.2, -0.15) is 0 Å². The number of piperazine rings is 1. The maximum Gasteiger partial charge on any atom is 0.267 e. The maximum absolute atomic E-state index is 12.8. The Morgan fingerprint density at radius 2 is 1.76 bits per heavy atom. The molecule has 0 spiro atoms. The lowest BCUT2D eigenvalue weighted by molar-refractivity contribution is -0.146. The zero-order valence-electron chi connectivity index (χ0n) is 18.4. The topological polar surface area (TPSA) is 96.5 Å². The van der Waals surface area contributed by atoms with E-state index < -0.39 is 16.1 Å². The zero-order chi connectivity index (χ0) is 23.4. The molecule has 2 aliphatic heterocycles. The van der Waals surface area contributed by atoms with Gasteiger partial charge in [-0.15, -0.1) is 11.3 Å². The minimum atomic E-state index is -3.50. The number of rotatable bonds is 7. The van der Waals surface area contributed by atoms with Crippen molar-refractivity contribution in [2.45, 2.75) is 23.2 Å². The quantitative estimate of drug-likeness (QED) is 0.582. The van der Waals surface area contributed by atoms with E-state index in [1.54, 1.807) is 39.4 Å². The van der Waals surface area contributed by atoms with Crippen molar-refractivity contribution >= 4 is 33.2 Å². The first-order chi connectivity index (χ1) is 15.9. The normalized spacial score (nSPS) is 18.4. The molecule has 4 rings (SSSR count). The first-order valence-corrected chi connectivity index (χ1v) is 13.1. The summed E-state index contributed by atoms with van der Waals surface area (Å²) in [6.07, 6.45) is 0.00311. The molecule has 2 aliphatic rings. The van der Waals surface area contributed by atoms with E-state index in [9.17, 15) is 18.0 Å². The molecule has 0 radical (unpaired) electrons. The van der Waals surface area contributed by atoms with Gasteiger partial charge in [-0.3, -0.25) is 9.59 Å². The van der Waals surface area contributed by atoms with Gasteiger partial charge < -0.3 is 19.3 Å². The second kappa shape index (κ2) is 10.1. The number of amides is 2. The van der Waals surface area contributed by atoms with E-state index in [1.165, 1.54) is 22.7 Å². The van der Waals surface area contributed by atoms with Crippen molar-refractivity contribution in [2.75, 3.05) is 46.4 Å². The summed E-state index contributed by atoms with van der Waals surface area (Å²) in [5, 5.41) is 1.72. The fraction of sp³-hybridized carbons (Fsp3) is 0.455. The monoisotopic (exact) mass is 493 g/mol. The third-order valence-electron chi connectivity index (χ3n) is 5.75. The van der Waals surface area contributed by atoms with Crippen molar-refractivity contribution in [3.8, 4) is 11.5 Å². The smallest absolute Gasteiger partial charge is 0.267 e. The average Bonchev–Trinajstić information content (AvgIpc) is 3.39. The second-order valence-electron chi connectivity index (χ2n) is 7.93. The summed E-state index contributed by atoms with van der Waals surface area (Å²) in [5.74, 6) is 1.01. The molecule has 33 heavy (non-hydrogen) atoms. The number of hydrogen-bond donors (Lipinski definition) is 0. The minimum absolute atomic E-state index is 0.0322. The van der Waals surface area contributed by atoms with E-state index in [-0.39, 0.29) is 31.4 Å². The van der Waals surface area contributed by atoms with E-state index in [0.29, 0.717) is 48.3 Å². The average molecular weight is 494 g/mol. The number of nitrogens with zero attached hydrogens (tertiary/aromatic N) is 3. The van der Waals surface area contributed by atoms with Crippen molar-refractivity contribution in [1.29, 1.82) is 0 Å². The maximum atomic E-state index is 12.8. The van der Waals surface area contributed by atoms with Crippen LogP contribution in [0.2, 0.25) is 0 Å². The number of fused-ring (bicyclic) bond motifs is 1. The fourth-order valence-corrected chi connectivity index (χ4v) is 6.23. The summed E-state index contributed by atoms with van der Waals surface area (Å²) in [6.45, 7) is 2.18. The lowest BCUT2D eigenvalue weighted by Gasteiger charge is -2.37. The van der Waals surface area contributed by atoms with Crippen LogP contribution >= 0.6 is 11.3 Å². The Hall–Kier alpha value is -2.63. The molecule has 1 unspecified atom stereocenters. The highest BCUT2D eigenvalue weighted by Crippen LogP contribution is 2.31. The van der Waals surface area contributed by atoms with Crippen molar-refractivity contribution in [1.82, 2.24) is 14.1 Å². The number of hydrogen-bond acceptors (Lipinski definition) is 7. The van der Waals surface area contributed by atoms with Gasteiger partial charge in [0.25, 0.3) is 15.9 Å². The first-order valence-electron chi connectivity index (χ1n) is 10.8. The van der Waals surface area contributed by atoms with Crippen molar-refractivity contribution in [3.63, 3.8) is 0 Å². The Morgan fingerprint density at radius 3 is 2.45 bits per heavy atom. The molecular weight excluding hydrogens is 466 g/mol. The molecule has 3 heterocycles. The molecule has 0 N–H and O–H groups in total. The number of ether oxygens (including phenoxy) is 2. The van der Waals surface area contributed by atoms with Gasteiger partial charge >= 0.3 is 0 Å². The van der Waals surface area contributed by atoms with E-state index >= 15 is 0 Å². The van der Waals surface area contributed by atoms with Crippen LogP contribution in [0.25, 0.3) is 0 Å². The standard InChI is InChI=1S/C22H27N3O6S2/c1-23(33(28,29)21-9-5-15-32-21)10-4-8-20(26)24-11-13-25(14-12-24)22(27)19-16-30-17-6-2-3-7-18(17)31-19/h2-3,5-7,9,15,19H,4,8,10-14,16H2,1H3. The van der Waals surface area contributed by atoms with Gasteiger partial charge in [-0.25, -0.2) is 12.7 Å². The van der Waals surface area contributed by atoms with Crippen LogP contribution in [0, 0.1) is 0 Å².